The van der Waals surface area contributed by atoms with Crippen molar-refractivity contribution < 1.29 is 23.7 Å². The summed E-state index contributed by atoms with van der Waals surface area (Å²) in [6.45, 7) is 2.12. The van der Waals surface area contributed by atoms with E-state index in [9.17, 15) is 19.0 Å². The number of aliphatic hydroxyl groups excluding tert-OH is 1. The molecule has 0 saturated carbocycles. The number of phenols is 1. The fourth-order valence-corrected chi connectivity index (χ4v) is 2.22. The molecule has 2 atom stereocenters. The topological polar surface area (TPSA) is 61.7 Å². The molecule has 6 heteroatoms. The molecule has 2 aromatic carbocycles. The van der Waals surface area contributed by atoms with Gasteiger partial charge in [0.15, 0.2) is 23.1 Å². The Hall–Kier alpha value is -2.18. The lowest BCUT2D eigenvalue weighted by Crippen LogP contribution is -2.31. The smallest absolute Gasteiger partial charge is 0.160 e. The van der Waals surface area contributed by atoms with Crippen LogP contribution in [0.2, 0.25) is 0 Å². The van der Waals surface area contributed by atoms with Crippen molar-refractivity contribution in [2.45, 2.75) is 25.6 Å². The van der Waals surface area contributed by atoms with Crippen molar-refractivity contribution in [2.75, 3.05) is 7.11 Å². The molecule has 0 spiro atoms. The van der Waals surface area contributed by atoms with Gasteiger partial charge in [-0.05, 0) is 42.3 Å². The summed E-state index contributed by atoms with van der Waals surface area (Å²) in [5.74, 6) is -1.53. The third kappa shape index (κ3) is 4.18. The number of rotatable bonds is 6. The third-order valence-electron chi connectivity index (χ3n) is 3.63. The van der Waals surface area contributed by atoms with Gasteiger partial charge >= 0.3 is 0 Å². The first-order chi connectivity index (χ1) is 10.9. The van der Waals surface area contributed by atoms with E-state index in [-0.39, 0.29) is 5.75 Å². The molecule has 2 aromatic rings. The van der Waals surface area contributed by atoms with Crippen LogP contribution in [0.3, 0.4) is 0 Å². The van der Waals surface area contributed by atoms with E-state index < -0.39 is 23.8 Å². The van der Waals surface area contributed by atoms with Crippen molar-refractivity contribution in [2.24, 2.45) is 0 Å². The van der Waals surface area contributed by atoms with Crippen molar-refractivity contribution in [3.63, 3.8) is 0 Å². The highest BCUT2D eigenvalue weighted by molar-refractivity contribution is 5.41. The Balaban J connectivity index is 1.99. The number of methoxy groups -OCH3 is 1. The normalized spacial score (nSPS) is 13.6. The van der Waals surface area contributed by atoms with Crippen LogP contribution < -0.4 is 10.1 Å². The molecule has 2 unspecified atom stereocenters. The van der Waals surface area contributed by atoms with Crippen molar-refractivity contribution in [3.05, 3.63) is 59.2 Å². The number of aromatic hydroxyl groups is 1. The van der Waals surface area contributed by atoms with Gasteiger partial charge in [0.25, 0.3) is 0 Å². The highest BCUT2D eigenvalue weighted by Gasteiger charge is 2.17. The van der Waals surface area contributed by atoms with Crippen LogP contribution in [-0.2, 0) is 6.54 Å². The van der Waals surface area contributed by atoms with Gasteiger partial charge < -0.3 is 20.3 Å². The van der Waals surface area contributed by atoms with E-state index in [1.54, 1.807) is 25.1 Å². The van der Waals surface area contributed by atoms with Crippen LogP contribution in [0.5, 0.6) is 11.5 Å². The Morgan fingerprint density at radius 1 is 1.13 bits per heavy atom. The highest BCUT2D eigenvalue weighted by atomic mass is 19.2. The average molecular weight is 323 g/mol. The number of halogens is 2. The van der Waals surface area contributed by atoms with E-state index in [1.807, 2.05) is 0 Å². The molecule has 0 aliphatic heterocycles. The summed E-state index contributed by atoms with van der Waals surface area (Å²) in [5, 5.41) is 23.0. The molecular formula is C17H19F2NO3. The van der Waals surface area contributed by atoms with Crippen LogP contribution in [0.4, 0.5) is 8.78 Å². The van der Waals surface area contributed by atoms with Crippen LogP contribution >= 0.6 is 0 Å². The lowest BCUT2D eigenvalue weighted by Gasteiger charge is -2.21. The maximum Gasteiger partial charge on any atom is 0.160 e. The van der Waals surface area contributed by atoms with E-state index in [1.165, 1.54) is 13.2 Å². The number of hydrogen-bond donors (Lipinski definition) is 3. The van der Waals surface area contributed by atoms with Gasteiger partial charge in [-0.15, -0.1) is 0 Å². The summed E-state index contributed by atoms with van der Waals surface area (Å²) in [6, 6.07) is 7.90. The largest absolute Gasteiger partial charge is 0.504 e. The van der Waals surface area contributed by atoms with E-state index in [2.05, 4.69) is 5.32 Å². The molecule has 0 radical (unpaired) electrons. The summed E-state index contributed by atoms with van der Waals surface area (Å²) in [4.78, 5) is 0. The maximum atomic E-state index is 13.2. The number of nitrogens with one attached hydrogen (secondary N) is 1. The summed E-state index contributed by atoms with van der Waals surface area (Å²) >= 11 is 0. The summed E-state index contributed by atoms with van der Waals surface area (Å²) < 4.78 is 31.1. The van der Waals surface area contributed by atoms with Gasteiger partial charge in [-0.1, -0.05) is 12.1 Å². The van der Waals surface area contributed by atoms with Gasteiger partial charge in [0.2, 0.25) is 0 Å². The van der Waals surface area contributed by atoms with Gasteiger partial charge in [-0.25, -0.2) is 8.78 Å². The lowest BCUT2D eigenvalue weighted by molar-refractivity contribution is 0.135. The zero-order valence-corrected chi connectivity index (χ0v) is 12.9. The van der Waals surface area contributed by atoms with Gasteiger partial charge in [0.1, 0.15) is 0 Å². The number of ether oxygens (including phenoxy) is 1. The van der Waals surface area contributed by atoms with Gasteiger partial charge in [0, 0.05) is 12.6 Å². The Morgan fingerprint density at radius 2 is 1.87 bits per heavy atom. The molecule has 124 valence electrons. The molecule has 0 heterocycles. The van der Waals surface area contributed by atoms with Gasteiger partial charge in [-0.2, -0.15) is 0 Å². The summed E-state index contributed by atoms with van der Waals surface area (Å²) in [6.07, 6.45) is -0.989. The highest BCUT2D eigenvalue weighted by Crippen LogP contribution is 2.26. The van der Waals surface area contributed by atoms with Crippen molar-refractivity contribution in [1.29, 1.82) is 0 Å². The Kier molecular flexibility index (Phi) is 5.52. The second-order valence-corrected chi connectivity index (χ2v) is 5.29. The van der Waals surface area contributed by atoms with Crippen molar-refractivity contribution in [1.82, 2.24) is 5.32 Å². The maximum absolute atomic E-state index is 13.2. The average Bonchev–Trinajstić information content (AvgIpc) is 2.54. The molecule has 3 N–H and O–H groups in total. The van der Waals surface area contributed by atoms with Crippen LogP contribution in [0, 0.1) is 11.6 Å². The van der Waals surface area contributed by atoms with Gasteiger partial charge in [-0.3, -0.25) is 0 Å². The van der Waals surface area contributed by atoms with Crippen LogP contribution in [0.1, 0.15) is 24.2 Å². The first kappa shape index (κ1) is 17.2. The minimum atomic E-state index is -0.992. The summed E-state index contributed by atoms with van der Waals surface area (Å²) in [5.41, 5.74) is 1.09. The number of aliphatic hydroxyl groups is 1. The molecule has 0 fully saturated rings. The predicted molar refractivity (Wildman–Crippen MR) is 82.3 cm³/mol. The predicted octanol–water partition coefficient (Wildman–Crippen LogP) is 2.89. The zero-order valence-electron chi connectivity index (χ0n) is 12.9. The fraction of sp³-hybridized carbons (Fsp3) is 0.294. The van der Waals surface area contributed by atoms with E-state index in [0.29, 0.717) is 17.9 Å². The molecule has 23 heavy (non-hydrogen) atoms. The first-order valence-electron chi connectivity index (χ1n) is 7.14. The zero-order chi connectivity index (χ0) is 17.0. The molecule has 0 aliphatic carbocycles. The summed E-state index contributed by atoms with van der Waals surface area (Å²) in [7, 11) is 1.47. The lowest BCUT2D eigenvalue weighted by atomic mass is 10.0. The Morgan fingerprint density at radius 3 is 2.48 bits per heavy atom. The standard InChI is InChI=1S/C17H19F2NO3/c1-10(17(22)12-4-5-13(18)14(19)8-12)20-9-11-3-6-16(23-2)15(21)7-11/h3-8,10,17,20-22H,9H2,1-2H3. The van der Waals surface area contributed by atoms with Crippen molar-refractivity contribution in [3.8, 4) is 11.5 Å². The molecule has 0 aliphatic rings. The molecule has 2 rings (SSSR count). The Labute approximate surface area is 133 Å². The van der Waals surface area contributed by atoms with Gasteiger partial charge in [0.05, 0.1) is 13.2 Å². The van der Waals surface area contributed by atoms with Crippen LogP contribution in [0.15, 0.2) is 36.4 Å². The second kappa shape index (κ2) is 7.39. The van der Waals surface area contributed by atoms with Crippen LogP contribution in [-0.4, -0.2) is 23.4 Å². The van der Waals surface area contributed by atoms with E-state index >= 15 is 0 Å². The number of hydrogen-bond acceptors (Lipinski definition) is 4. The molecule has 0 amide bonds. The molecule has 0 bridgehead atoms. The number of benzene rings is 2. The van der Waals surface area contributed by atoms with E-state index in [0.717, 1.165) is 17.7 Å². The third-order valence-corrected chi connectivity index (χ3v) is 3.63. The number of phenolic OH excluding ortho intramolecular Hbond substituents is 1. The molecule has 4 nitrogen and oxygen atoms in total. The quantitative estimate of drug-likeness (QED) is 0.765. The molecule has 0 aromatic heterocycles. The minimum Gasteiger partial charge on any atom is -0.504 e. The SMILES string of the molecule is COc1ccc(CNC(C)C(O)c2ccc(F)c(F)c2)cc1O. The van der Waals surface area contributed by atoms with Crippen LogP contribution in [0.25, 0.3) is 0 Å². The molecular weight excluding hydrogens is 304 g/mol. The minimum absolute atomic E-state index is 0.0283. The second-order valence-electron chi connectivity index (χ2n) is 5.29. The first-order valence-corrected chi connectivity index (χ1v) is 7.14. The Bertz CT molecular complexity index is 679. The fourth-order valence-electron chi connectivity index (χ4n) is 2.22. The monoisotopic (exact) mass is 323 g/mol. The van der Waals surface area contributed by atoms with Crippen molar-refractivity contribution >= 4 is 0 Å². The molecule has 0 saturated heterocycles. The van der Waals surface area contributed by atoms with E-state index in [4.69, 9.17) is 4.74 Å².